The molecule has 0 aliphatic rings. The summed E-state index contributed by atoms with van der Waals surface area (Å²) in [6.07, 6.45) is 0.474. The fraction of sp³-hybridized carbons (Fsp3) is 0.158. The Morgan fingerprint density at radius 3 is 2.62 bits per heavy atom. The monoisotopic (exact) mass is 324 g/mol. The summed E-state index contributed by atoms with van der Waals surface area (Å²) in [7, 11) is 0. The molecule has 5 heteroatoms. The van der Waals surface area contributed by atoms with Crippen LogP contribution in [0.5, 0.6) is 5.75 Å². The molecular formula is C19H16O5. The predicted octanol–water partition coefficient (Wildman–Crippen LogP) is 3.70. The van der Waals surface area contributed by atoms with Gasteiger partial charge in [0, 0.05) is 23.9 Å². The molecule has 3 rings (SSSR count). The summed E-state index contributed by atoms with van der Waals surface area (Å²) in [5.41, 5.74) is 1.76. The second-order valence-electron chi connectivity index (χ2n) is 5.35. The highest BCUT2D eigenvalue weighted by molar-refractivity contribution is 5.93. The van der Waals surface area contributed by atoms with E-state index in [4.69, 9.17) is 14.3 Å². The molecule has 1 heterocycles. The van der Waals surface area contributed by atoms with Gasteiger partial charge in [-0.3, -0.25) is 4.79 Å². The van der Waals surface area contributed by atoms with Crippen LogP contribution in [0.3, 0.4) is 0 Å². The van der Waals surface area contributed by atoms with Crippen LogP contribution in [0.2, 0.25) is 0 Å². The second-order valence-corrected chi connectivity index (χ2v) is 5.35. The van der Waals surface area contributed by atoms with Gasteiger partial charge in [-0.15, -0.1) is 0 Å². The van der Waals surface area contributed by atoms with E-state index in [2.05, 4.69) is 0 Å². The van der Waals surface area contributed by atoms with Crippen LogP contribution in [0, 0.1) is 0 Å². The van der Waals surface area contributed by atoms with Crippen LogP contribution in [-0.2, 0) is 4.79 Å². The van der Waals surface area contributed by atoms with Crippen LogP contribution >= 0.6 is 0 Å². The van der Waals surface area contributed by atoms with Crippen LogP contribution in [-0.4, -0.2) is 17.7 Å². The average Bonchev–Trinajstić information content (AvgIpc) is 2.58. The molecular weight excluding hydrogens is 308 g/mol. The zero-order valence-electron chi connectivity index (χ0n) is 12.9. The Balaban J connectivity index is 1.91. The first kappa shape index (κ1) is 15.8. The molecule has 0 spiro atoms. The van der Waals surface area contributed by atoms with Gasteiger partial charge in [0.05, 0.1) is 6.61 Å². The Morgan fingerprint density at radius 1 is 1.08 bits per heavy atom. The third-order valence-electron chi connectivity index (χ3n) is 3.60. The van der Waals surface area contributed by atoms with E-state index < -0.39 is 11.6 Å². The maximum Gasteiger partial charge on any atom is 0.336 e. The lowest BCUT2D eigenvalue weighted by Gasteiger charge is -2.09. The number of benzene rings is 2. The standard InChI is InChI=1S/C19H16O5/c20-18(21)7-4-10-23-14-8-9-15-16(13-5-2-1-3-6-13)12-19(22)24-17(15)11-14/h1-3,5-6,8-9,11-12H,4,7,10H2,(H,20,21). The highest BCUT2D eigenvalue weighted by Gasteiger charge is 2.09. The summed E-state index contributed by atoms with van der Waals surface area (Å²) in [6, 6.07) is 16.4. The summed E-state index contributed by atoms with van der Waals surface area (Å²) in [6.45, 7) is 0.292. The molecule has 0 saturated carbocycles. The Kier molecular flexibility index (Phi) is 4.61. The first-order chi connectivity index (χ1) is 11.6. The number of aliphatic carboxylic acids is 1. The molecule has 24 heavy (non-hydrogen) atoms. The van der Waals surface area contributed by atoms with Crippen LogP contribution < -0.4 is 10.4 Å². The Labute approximate surface area is 138 Å². The zero-order chi connectivity index (χ0) is 16.9. The van der Waals surface area contributed by atoms with Crippen LogP contribution in [0.25, 0.3) is 22.1 Å². The van der Waals surface area contributed by atoms with Gasteiger partial charge in [-0.05, 0) is 29.7 Å². The maximum atomic E-state index is 11.9. The van der Waals surface area contributed by atoms with Gasteiger partial charge in [0.1, 0.15) is 11.3 Å². The van der Waals surface area contributed by atoms with Crippen LogP contribution in [0.1, 0.15) is 12.8 Å². The minimum atomic E-state index is -0.851. The molecule has 122 valence electrons. The van der Waals surface area contributed by atoms with Crippen LogP contribution in [0.15, 0.2) is 63.8 Å². The third kappa shape index (κ3) is 3.63. The van der Waals surface area contributed by atoms with Crippen LogP contribution in [0.4, 0.5) is 0 Å². The largest absolute Gasteiger partial charge is 0.493 e. The third-order valence-corrected chi connectivity index (χ3v) is 3.60. The summed E-state index contributed by atoms with van der Waals surface area (Å²) in [4.78, 5) is 22.3. The first-order valence-corrected chi connectivity index (χ1v) is 7.61. The van der Waals surface area contributed by atoms with E-state index in [1.807, 2.05) is 36.4 Å². The average molecular weight is 324 g/mol. The quantitative estimate of drug-likeness (QED) is 0.552. The van der Waals surface area contributed by atoms with Crippen molar-refractivity contribution in [3.05, 3.63) is 65.0 Å². The number of carbonyl (C=O) groups is 1. The summed E-state index contributed by atoms with van der Waals surface area (Å²) >= 11 is 0. The van der Waals surface area contributed by atoms with Gasteiger partial charge >= 0.3 is 11.6 Å². The molecule has 1 aromatic heterocycles. The first-order valence-electron chi connectivity index (χ1n) is 7.61. The van der Waals surface area contributed by atoms with E-state index in [0.29, 0.717) is 24.4 Å². The van der Waals surface area contributed by atoms with Gasteiger partial charge in [0.15, 0.2) is 0 Å². The van der Waals surface area contributed by atoms with E-state index >= 15 is 0 Å². The molecule has 0 atom stereocenters. The van der Waals surface area contributed by atoms with Gasteiger partial charge in [0.25, 0.3) is 0 Å². The van der Waals surface area contributed by atoms with Gasteiger partial charge in [-0.1, -0.05) is 30.3 Å². The molecule has 0 aliphatic heterocycles. The Bertz CT molecular complexity index is 912. The number of ether oxygens (including phenoxy) is 1. The smallest absolute Gasteiger partial charge is 0.336 e. The fourth-order valence-corrected chi connectivity index (χ4v) is 2.50. The lowest BCUT2D eigenvalue weighted by atomic mass is 10.0. The Morgan fingerprint density at radius 2 is 1.88 bits per heavy atom. The molecule has 0 bridgehead atoms. The van der Waals surface area contributed by atoms with Gasteiger partial charge < -0.3 is 14.3 Å². The van der Waals surface area contributed by atoms with Crippen molar-refractivity contribution in [2.45, 2.75) is 12.8 Å². The molecule has 2 aromatic carbocycles. The predicted molar refractivity (Wildman–Crippen MR) is 90.3 cm³/mol. The molecule has 0 radical (unpaired) electrons. The van der Waals surface area contributed by atoms with Crippen molar-refractivity contribution in [3.63, 3.8) is 0 Å². The van der Waals surface area contributed by atoms with E-state index in [9.17, 15) is 9.59 Å². The maximum absolute atomic E-state index is 11.9. The lowest BCUT2D eigenvalue weighted by molar-refractivity contribution is -0.137. The van der Waals surface area contributed by atoms with Crippen molar-refractivity contribution in [3.8, 4) is 16.9 Å². The Hall–Kier alpha value is -3.08. The summed E-state index contributed by atoms with van der Waals surface area (Å²) in [5, 5.41) is 9.43. The number of fused-ring (bicyclic) bond motifs is 1. The molecule has 0 aliphatic carbocycles. The van der Waals surface area contributed by atoms with Crippen molar-refractivity contribution in [1.29, 1.82) is 0 Å². The van der Waals surface area contributed by atoms with E-state index in [1.54, 1.807) is 12.1 Å². The fourth-order valence-electron chi connectivity index (χ4n) is 2.50. The van der Waals surface area contributed by atoms with Gasteiger partial charge in [-0.25, -0.2) is 4.79 Å². The van der Waals surface area contributed by atoms with Crippen molar-refractivity contribution in [2.75, 3.05) is 6.61 Å². The molecule has 1 N–H and O–H groups in total. The lowest BCUT2D eigenvalue weighted by Crippen LogP contribution is -2.02. The van der Waals surface area contributed by atoms with E-state index in [-0.39, 0.29) is 6.42 Å². The molecule has 0 unspecified atom stereocenters. The van der Waals surface area contributed by atoms with E-state index in [1.165, 1.54) is 6.07 Å². The molecule has 0 saturated heterocycles. The summed E-state index contributed by atoms with van der Waals surface area (Å²) in [5.74, 6) is -0.308. The number of rotatable bonds is 6. The number of hydrogen-bond acceptors (Lipinski definition) is 4. The van der Waals surface area contributed by atoms with Crippen molar-refractivity contribution in [2.24, 2.45) is 0 Å². The van der Waals surface area contributed by atoms with Gasteiger partial charge in [-0.2, -0.15) is 0 Å². The zero-order valence-corrected chi connectivity index (χ0v) is 12.9. The van der Waals surface area contributed by atoms with Crippen molar-refractivity contribution in [1.82, 2.24) is 0 Å². The normalized spacial score (nSPS) is 10.7. The minimum Gasteiger partial charge on any atom is -0.493 e. The SMILES string of the molecule is O=C(O)CCCOc1ccc2c(-c3ccccc3)cc(=O)oc2c1. The van der Waals surface area contributed by atoms with Crippen molar-refractivity contribution < 1.29 is 19.1 Å². The topological polar surface area (TPSA) is 76.7 Å². The highest BCUT2D eigenvalue weighted by atomic mass is 16.5. The number of hydrogen-bond donors (Lipinski definition) is 1. The van der Waals surface area contributed by atoms with E-state index in [0.717, 1.165) is 16.5 Å². The minimum absolute atomic E-state index is 0.0564. The van der Waals surface area contributed by atoms with Gasteiger partial charge in [0.2, 0.25) is 0 Å². The van der Waals surface area contributed by atoms with Crippen molar-refractivity contribution >= 4 is 16.9 Å². The molecule has 0 fully saturated rings. The molecule has 0 amide bonds. The molecule has 5 nitrogen and oxygen atoms in total. The summed E-state index contributed by atoms with van der Waals surface area (Å²) < 4.78 is 10.8. The second kappa shape index (κ2) is 7.00. The highest BCUT2D eigenvalue weighted by Crippen LogP contribution is 2.29. The number of carboxylic acids is 1. The molecule has 3 aromatic rings. The number of carboxylic acid groups (broad SMARTS) is 1.